The van der Waals surface area contributed by atoms with Crippen LogP contribution in [0, 0.1) is 5.82 Å². The van der Waals surface area contributed by atoms with Gasteiger partial charge in [-0.15, -0.1) is 0 Å². The van der Waals surface area contributed by atoms with Crippen LogP contribution in [0.3, 0.4) is 0 Å². The second-order valence-electron chi connectivity index (χ2n) is 8.19. The molecule has 0 amide bonds. The van der Waals surface area contributed by atoms with E-state index in [0.717, 1.165) is 38.9 Å². The van der Waals surface area contributed by atoms with Crippen molar-refractivity contribution in [2.24, 2.45) is 0 Å². The maximum Gasteiger partial charge on any atom is 0.159 e. The molecule has 0 aliphatic rings. The molecule has 0 bridgehead atoms. The van der Waals surface area contributed by atoms with E-state index in [9.17, 15) is 4.39 Å². The number of hydrogen-bond acceptors (Lipinski definition) is 6. The maximum atomic E-state index is 13.8. The first kappa shape index (κ1) is 20.0. The Morgan fingerprint density at radius 1 is 0.882 bits per heavy atom. The molecule has 5 heterocycles. The Morgan fingerprint density at radius 2 is 1.76 bits per heavy atom. The average Bonchev–Trinajstić information content (AvgIpc) is 3.47. The first-order valence-electron chi connectivity index (χ1n) is 10.6. The fourth-order valence-electron chi connectivity index (χ4n) is 3.98. The fourth-order valence-corrected chi connectivity index (χ4v) is 3.98. The largest absolute Gasteiger partial charge is 0.376 e. The lowest BCUT2D eigenvalue weighted by Gasteiger charge is -2.12. The number of pyridine rings is 3. The lowest BCUT2D eigenvalue weighted by atomic mass is 10.1. The molecule has 0 aliphatic heterocycles. The Kier molecular flexibility index (Phi) is 4.54. The number of imidazole rings is 1. The van der Waals surface area contributed by atoms with Crippen LogP contribution in [0.2, 0.25) is 0 Å². The van der Waals surface area contributed by atoms with Gasteiger partial charge in [-0.1, -0.05) is 12.1 Å². The summed E-state index contributed by atoms with van der Waals surface area (Å²) in [5.41, 5.74) is 7.02. The number of halogens is 1. The lowest BCUT2D eigenvalue weighted by Crippen LogP contribution is -2.08. The topological polar surface area (TPSA) is 99.3 Å². The quantitative estimate of drug-likeness (QED) is 0.399. The summed E-state index contributed by atoms with van der Waals surface area (Å²) in [4.78, 5) is 23.4. The lowest BCUT2D eigenvalue weighted by molar-refractivity contribution is 0.628. The van der Waals surface area contributed by atoms with Crippen LogP contribution in [0.15, 0.2) is 67.4 Å². The maximum absolute atomic E-state index is 13.8. The molecule has 0 saturated carbocycles. The molecule has 0 radical (unpaired) electrons. The van der Waals surface area contributed by atoms with Crippen LogP contribution < -0.4 is 4.90 Å². The van der Waals surface area contributed by atoms with Crippen LogP contribution in [0.1, 0.15) is 0 Å². The molecule has 34 heavy (non-hydrogen) atoms. The van der Waals surface area contributed by atoms with E-state index in [1.54, 1.807) is 30.9 Å². The first-order valence-corrected chi connectivity index (χ1v) is 10.6. The van der Waals surface area contributed by atoms with Crippen molar-refractivity contribution in [1.82, 2.24) is 35.1 Å². The number of aromatic amines is 2. The molecular weight excluding hydrogens is 431 g/mol. The van der Waals surface area contributed by atoms with Gasteiger partial charge in [0.05, 0.1) is 46.5 Å². The van der Waals surface area contributed by atoms with E-state index in [2.05, 4.69) is 30.1 Å². The molecule has 1 aromatic carbocycles. The van der Waals surface area contributed by atoms with Gasteiger partial charge >= 0.3 is 0 Å². The third-order valence-electron chi connectivity index (χ3n) is 5.74. The number of nitrogens with zero attached hydrogens (tertiary/aromatic N) is 6. The van der Waals surface area contributed by atoms with E-state index in [1.807, 2.05) is 43.4 Å². The highest BCUT2D eigenvalue weighted by molar-refractivity contribution is 5.97. The summed E-state index contributed by atoms with van der Waals surface area (Å²) >= 11 is 0. The van der Waals surface area contributed by atoms with Gasteiger partial charge < -0.3 is 9.88 Å². The van der Waals surface area contributed by atoms with Crippen LogP contribution in [0.5, 0.6) is 0 Å². The summed E-state index contributed by atoms with van der Waals surface area (Å²) in [5.74, 6) is 0.278. The van der Waals surface area contributed by atoms with E-state index < -0.39 is 0 Å². The molecule has 0 aliphatic carbocycles. The van der Waals surface area contributed by atoms with Gasteiger partial charge in [0, 0.05) is 43.0 Å². The predicted octanol–water partition coefficient (Wildman–Crippen LogP) is 4.83. The number of H-pyrrole nitrogens is 2. The second-order valence-corrected chi connectivity index (χ2v) is 8.19. The molecule has 2 N–H and O–H groups in total. The predicted molar refractivity (Wildman–Crippen MR) is 130 cm³/mol. The van der Waals surface area contributed by atoms with E-state index in [1.165, 1.54) is 12.1 Å². The molecule has 6 aromatic rings. The SMILES string of the molecule is CN(C)c1cncc(-c2cc3c(-c4nc5c(-c6cccc(F)c6)cncc5[nH]4)n[nH]c3cn2)c1. The number of rotatable bonds is 4. The van der Waals surface area contributed by atoms with Gasteiger partial charge in [-0.25, -0.2) is 9.37 Å². The van der Waals surface area contributed by atoms with Gasteiger partial charge in [-0.2, -0.15) is 5.10 Å². The summed E-state index contributed by atoms with van der Waals surface area (Å²) in [6.07, 6.45) is 8.75. The van der Waals surface area contributed by atoms with Crippen LogP contribution in [-0.4, -0.2) is 49.2 Å². The van der Waals surface area contributed by atoms with E-state index in [4.69, 9.17) is 4.98 Å². The number of nitrogens with one attached hydrogen (secondary N) is 2. The van der Waals surface area contributed by atoms with Crippen molar-refractivity contribution in [1.29, 1.82) is 0 Å². The number of aromatic nitrogens is 7. The van der Waals surface area contributed by atoms with Crippen LogP contribution >= 0.6 is 0 Å². The molecule has 0 fully saturated rings. The Morgan fingerprint density at radius 3 is 2.62 bits per heavy atom. The van der Waals surface area contributed by atoms with Crippen LogP contribution in [0.25, 0.3) is 55.8 Å². The third-order valence-corrected chi connectivity index (χ3v) is 5.74. The summed E-state index contributed by atoms with van der Waals surface area (Å²) in [6, 6.07) is 10.4. The minimum absolute atomic E-state index is 0.309. The highest BCUT2D eigenvalue weighted by atomic mass is 19.1. The zero-order valence-corrected chi connectivity index (χ0v) is 18.4. The van der Waals surface area contributed by atoms with Crippen LogP contribution in [-0.2, 0) is 0 Å². The average molecular weight is 450 g/mol. The Balaban J connectivity index is 1.48. The van der Waals surface area contributed by atoms with Crippen LogP contribution in [0.4, 0.5) is 10.1 Å². The molecule has 5 aromatic heterocycles. The molecule has 9 heteroatoms. The van der Waals surface area contributed by atoms with Crippen molar-refractivity contribution < 1.29 is 4.39 Å². The molecular formula is C25H19FN8. The van der Waals surface area contributed by atoms with Crippen molar-refractivity contribution in [2.45, 2.75) is 0 Å². The van der Waals surface area contributed by atoms with E-state index >= 15 is 0 Å². The zero-order chi connectivity index (χ0) is 23.2. The minimum atomic E-state index is -0.309. The standard InChI is InChI=1S/C25H19FN8/c1-34(2)17-7-15(9-27-10-17)20-8-18-21(13-29-20)32-33-24(18)25-30-22-12-28-11-19(23(22)31-25)14-4-3-5-16(26)6-14/h3-13H,1-2H3,(H,30,31)(H,32,33). The normalized spacial score (nSPS) is 11.4. The minimum Gasteiger partial charge on any atom is -0.376 e. The molecule has 8 nitrogen and oxygen atoms in total. The summed E-state index contributed by atoms with van der Waals surface area (Å²) < 4.78 is 13.8. The molecule has 0 atom stereocenters. The Bertz CT molecular complexity index is 1670. The van der Waals surface area contributed by atoms with E-state index in [0.29, 0.717) is 22.6 Å². The van der Waals surface area contributed by atoms with Crippen molar-refractivity contribution in [3.05, 3.63) is 73.2 Å². The summed E-state index contributed by atoms with van der Waals surface area (Å²) in [7, 11) is 3.94. The Labute approximate surface area is 193 Å². The summed E-state index contributed by atoms with van der Waals surface area (Å²) in [5, 5.41) is 8.40. The van der Waals surface area contributed by atoms with Crippen molar-refractivity contribution in [3.63, 3.8) is 0 Å². The molecule has 166 valence electrons. The van der Waals surface area contributed by atoms with Crippen molar-refractivity contribution >= 4 is 27.6 Å². The smallest absolute Gasteiger partial charge is 0.159 e. The van der Waals surface area contributed by atoms with Crippen molar-refractivity contribution in [2.75, 3.05) is 19.0 Å². The highest BCUT2D eigenvalue weighted by Crippen LogP contribution is 2.32. The monoisotopic (exact) mass is 450 g/mol. The molecule has 0 spiro atoms. The number of fused-ring (bicyclic) bond motifs is 2. The zero-order valence-electron chi connectivity index (χ0n) is 18.4. The fraction of sp³-hybridized carbons (Fsp3) is 0.0800. The molecule has 6 rings (SSSR count). The Hall–Kier alpha value is -4.66. The van der Waals surface area contributed by atoms with Gasteiger partial charge in [0.1, 0.15) is 11.5 Å². The number of benzene rings is 1. The van der Waals surface area contributed by atoms with Gasteiger partial charge in [0.25, 0.3) is 0 Å². The first-order chi connectivity index (χ1) is 16.6. The van der Waals surface area contributed by atoms with Gasteiger partial charge in [0.2, 0.25) is 0 Å². The third kappa shape index (κ3) is 3.34. The van der Waals surface area contributed by atoms with E-state index in [-0.39, 0.29) is 5.82 Å². The molecule has 0 saturated heterocycles. The van der Waals surface area contributed by atoms with Crippen molar-refractivity contribution in [3.8, 4) is 33.9 Å². The second kappa shape index (κ2) is 7.73. The summed E-state index contributed by atoms with van der Waals surface area (Å²) in [6.45, 7) is 0. The van der Waals surface area contributed by atoms with Gasteiger partial charge in [-0.3, -0.25) is 20.1 Å². The number of hydrogen-bond donors (Lipinski definition) is 2. The number of anilines is 1. The van der Waals surface area contributed by atoms with Gasteiger partial charge in [-0.05, 0) is 29.8 Å². The highest BCUT2D eigenvalue weighted by Gasteiger charge is 2.17. The molecule has 0 unspecified atom stereocenters. The van der Waals surface area contributed by atoms with Gasteiger partial charge in [0.15, 0.2) is 5.82 Å².